The van der Waals surface area contributed by atoms with E-state index in [0.717, 1.165) is 25.1 Å². The Morgan fingerprint density at radius 2 is 2.17 bits per heavy atom. The predicted octanol–water partition coefficient (Wildman–Crippen LogP) is 1.93. The number of hydrogen-bond acceptors (Lipinski definition) is 4. The molecule has 2 N–H and O–H groups in total. The first kappa shape index (κ1) is 14.0. The van der Waals surface area contributed by atoms with Crippen LogP contribution in [0.1, 0.15) is 32.8 Å². The SMILES string of the molecule is CCNCc1csc(S(=O)(=O)NC2CC2(C)C)c1. The van der Waals surface area contributed by atoms with Gasteiger partial charge in [-0.15, -0.1) is 11.3 Å². The molecule has 4 nitrogen and oxygen atoms in total. The van der Waals surface area contributed by atoms with Crippen LogP contribution in [0.15, 0.2) is 15.7 Å². The van der Waals surface area contributed by atoms with E-state index in [4.69, 9.17) is 0 Å². The van der Waals surface area contributed by atoms with Gasteiger partial charge in [0.1, 0.15) is 4.21 Å². The zero-order chi connectivity index (χ0) is 13.4. The van der Waals surface area contributed by atoms with Crippen LogP contribution in [0.4, 0.5) is 0 Å². The molecular weight excluding hydrogens is 268 g/mol. The van der Waals surface area contributed by atoms with Crippen LogP contribution in [0.25, 0.3) is 0 Å². The molecule has 1 heterocycles. The monoisotopic (exact) mass is 288 g/mol. The van der Waals surface area contributed by atoms with Crippen molar-refractivity contribution in [3.8, 4) is 0 Å². The molecule has 1 aliphatic rings. The first-order valence-electron chi connectivity index (χ1n) is 6.15. The number of rotatable bonds is 6. The van der Waals surface area contributed by atoms with Gasteiger partial charge in [0.05, 0.1) is 0 Å². The summed E-state index contributed by atoms with van der Waals surface area (Å²) in [7, 11) is -3.33. The third-order valence-corrected chi connectivity index (χ3v) is 6.24. The Labute approximate surface area is 113 Å². The van der Waals surface area contributed by atoms with Gasteiger partial charge in [0.15, 0.2) is 0 Å². The van der Waals surface area contributed by atoms with Crippen molar-refractivity contribution in [3.05, 3.63) is 17.0 Å². The first-order chi connectivity index (χ1) is 8.35. The van der Waals surface area contributed by atoms with Crippen molar-refractivity contribution in [2.24, 2.45) is 5.41 Å². The number of hydrogen-bond donors (Lipinski definition) is 2. The van der Waals surface area contributed by atoms with E-state index in [0.29, 0.717) is 4.21 Å². The van der Waals surface area contributed by atoms with Gasteiger partial charge in [-0.3, -0.25) is 0 Å². The maximum Gasteiger partial charge on any atom is 0.250 e. The van der Waals surface area contributed by atoms with Crippen molar-refractivity contribution in [1.82, 2.24) is 10.0 Å². The van der Waals surface area contributed by atoms with Crippen molar-refractivity contribution < 1.29 is 8.42 Å². The van der Waals surface area contributed by atoms with Crippen LogP contribution in [0.5, 0.6) is 0 Å². The molecule has 0 aliphatic heterocycles. The molecular formula is C12H20N2O2S2. The lowest BCUT2D eigenvalue weighted by atomic mass is 10.2. The van der Waals surface area contributed by atoms with Crippen molar-refractivity contribution >= 4 is 21.4 Å². The molecule has 0 spiro atoms. The normalized spacial score (nSPS) is 22.1. The van der Waals surface area contributed by atoms with Crippen molar-refractivity contribution in [3.63, 3.8) is 0 Å². The minimum atomic E-state index is -3.33. The lowest BCUT2D eigenvalue weighted by Crippen LogP contribution is -2.27. The van der Waals surface area contributed by atoms with Crippen LogP contribution in [0.3, 0.4) is 0 Å². The molecule has 0 amide bonds. The Balaban J connectivity index is 2.03. The summed E-state index contributed by atoms with van der Waals surface area (Å²) in [4.78, 5) is 0. The van der Waals surface area contributed by atoms with Gasteiger partial charge in [0.2, 0.25) is 10.0 Å². The fraction of sp³-hybridized carbons (Fsp3) is 0.667. The summed E-state index contributed by atoms with van der Waals surface area (Å²) in [5, 5.41) is 5.09. The van der Waals surface area contributed by atoms with Crippen molar-refractivity contribution in [2.45, 2.75) is 44.0 Å². The standard InChI is InChI=1S/C12H20N2O2S2/c1-4-13-7-9-5-11(17-8-9)18(15,16)14-10-6-12(10,2)3/h5,8,10,13-14H,4,6-7H2,1-3H3. The summed E-state index contributed by atoms with van der Waals surface area (Å²) in [6.45, 7) is 7.78. The lowest BCUT2D eigenvalue weighted by molar-refractivity contribution is 0.556. The molecule has 18 heavy (non-hydrogen) atoms. The van der Waals surface area contributed by atoms with Gasteiger partial charge < -0.3 is 5.32 Å². The molecule has 0 saturated heterocycles. The quantitative estimate of drug-likeness (QED) is 0.841. The molecule has 0 bridgehead atoms. The maximum atomic E-state index is 12.1. The van der Waals surface area contributed by atoms with E-state index in [2.05, 4.69) is 23.9 Å². The Hall–Kier alpha value is -0.430. The largest absolute Gasteiger partial charge is 0.313 e. The summed E-state index contributed by atoms with van der Waals surface area (Å²) in [5.41, 5.74) is 1.13. The summed E-state index contributed by atoms with van der Waals surface area (Å²) in [5.74, 6) is 0. The number of thiophene rings is 1. The second-order valence-corrected chi connectivity index (χ2v) is 8.27. The van der Waals surface area contributed by atoms with E-state index in [1.807, 2.05) is 12.3 Å². The van der Waals surface area contributed by atoms with Gasteiger partial charge >= 0.3 is 0 Å². The Bertz CT molecular complexity index is 520. The molecule has 0 aromatic carbocycles. The van der Waals surface area contributed by atoms with Crippen LogP contribution in [-0.4, -0.2) is 21.0 Å². The molecule has 1 aliphatic carbocycles. The van der Waals surface area contributed by atoms with Gasteiger partial charge in [-0.25, -0.2) is 13.1 Å². The van der Waals surface area contributed by atoms with Crippen molar-refractivity contribution in [2.75, 3.05) is 6.54 Å². The zero-order valence-electron chi connectivity index (χ0n) is 11.0. The van der Waals surface area contributed by atoms with Crippen LogP contribution >= 0.6 is 11.3 Å². The summed E-state index contributed by atoms with van der Waals surface area (Å²) in [6.07, 6.45) is 0.919. The summed E-state index contributed by atoms with van der Waals surface area (Å²) >= 11 is 1.29. The third kappa shape index (κ3) is 3.12. The maximum absolute atomic E-state index is 12.1. The van der Waals surface area contributed by atoms with Gasteiger partial charge in [-0.1, -0.05) is 20.8 Å². The van der Waals surface area contributed by atoms with Crippen molar-refractivity contribution in [1.29, 1.82) is 0 Å². The topological polar surface area (TPSA) is 58.2 Å². The van der Waals surface area contributed by atoms with Gasteiger partial charge in [0.25, 0.3) is 0 Å². The zero-order valence-corrected chi connectivity index (χ0v) is 12.6. The Morgan fingerprint density at radius 3 is 2.72 bits per heavy atom. The minimum Gasteiger partial charge on any atom is -0.313 e. The average Bonchev–Trinajstić information content (AvgIpc) is 2.71. The molecule has 1 aromatic heterocycles. The van der Waals surface area contributed by atoms with E-state index in [1.54, 1.807) is 6.07 Å². The summed E-state index contributed by atoms with van der Waals surface area (Å²) in [6, 6.07) is 1.84. The molecule has 6 heteroatoms. The van der Waals surface area contributed by atoms with E-state index in [1.165, 1.54) is 11.3 Å². The first-order valence-corrected chi connectivity index (χ1v) is 8.52. The average molecular weight is 288 g/mol. The summed E-state index contributed by atoms with van der Waals surface area (Å²) < 4.78 is 27.5. The van der Waals surface area contributed by atoms with E-state index < -0.39 is 10.0 Å². The molecule has 0 radical (unpaired) electrons. The number of sulfonamides is 1. The van der Waals surface area contributed by atoms with Gasteiger partial charge in [0, 0.05) is 12.6 Å². The van der Waals surface area contributed by atoms with Gasteiger partial charge in [-0.05, 0) is 35.4 Å². The van der Waals surface area contributed by atoms with Crippen LogP contribution < -0.4 is 10.0 Å². The minimum absolute atomic E-state index is 0.0850. The van der Waals surface area contributed by atoms with E-state index in [-0.39, 0.29) is 11.5 Å². The van der Waals surface area contributed by atoms with Crippen LogP contribution in [-0.2, 0) is 16.6 Å². The molecule has 102 valence electrons. The Morgan fingerprint density at radius 1 is 1.50 bits per heavy atom. The highest BCUT2D eigenvalue weighted by Gasteiger charge is 2.48. The lowest BCUT2D eigenvalue weighted by Gasteiger charge is -2.06. The van der Waals surface area contributed by atoms with E-state index in [9.17, 15) is 8.42 Å². The van der Waals surface area contributed by atoms with E-state index >= 15 is 0 Å². The molecule has 1 aromatic rings. The van der Waals surface area contributed by atoms with Gasteiger partial charge in [-0.2, -0.15) is 0 Å². The molecule has 2 rings (SSSR count). The molecule has 1 unspecified atom stereocenters. The highest BCUT2D eigenvalue weighted by atomic mass is 32.2. The molecule has 1 atom stereocenters. The molecule has 1 saturated carbocycles. The third-order valence-electron chi connectivity index (χ3n) is 3.28. The second-order valence-electron chi connectivity index (χ2n) is 5.42. The highest BCUT2D eigenvalue weighted by molar-refractivity contribution is 7.91. The second kappa shape index (κ2) is 4.92. The smallest absolute Gasteiger partial charge is 0.250 e. The fourth-order valence-corrected chi connectivity index (χ4v) is 4.40. The highest BCUT2D eigenvalue weighted by Crippen LogP contribution is 2.45. The number of nitrogens with one attached hydrogen (secondary N) is 2. The van der Waals surface area contributed by atoms with Crippen LogP contribution in [0.2, 0.25) is 0 Å². The Kier molecular flexibility index (Phi) is 3.82. The fourth-order valence-electron chi connectivity index (χ4n) is 1.77. The molecule has 1 fully saturated rings. The van der Waals surface area contributed by atoms with Crippen LogP contribution in [0, 0.1) is 5.41 Å². The predicted molar refractivity (Wildman–Crippen MR) is 74.2 cm³/mol.